The third-order valence-electron chi connectivity index (χ3n) is 2.99. The van der Waals surface area contributed by atoms with Gasteiger partial charge in [0.15, 0.2) is 6.10 Å². The second-order valence-corrected chi connectivity index (χ2v) is 4.87. The van der Waals surface area contributed by atoms with Crippen molar-refractivity contribution in [2.75, 3.05) is 6.54 Å². The highest BCUT2D eigenvalue weighted by atomic mass is 16.5. The average molecular weight is 293 g/mol. The lowest BCUT2D eigenvalue weighted by Crippen LogP contribution is -2.45. The van der Waals surface area contributed by atoms with Crippen molar-refractivity contribution in [2.45, 2.75) is 40.3 Å². The van der Waals surface area contributed by atoms with Crippen molar-refractivity contribution in [2.24, 2.45) is 5.73 Å². The summed E-state index contributed by atoms with van der Waals surface area (Å²) in [6.07, 6.45) is -0.770. The summed E-state index contributed by atoms with van der Waals surface area (Å²) >= 11 is 0. The number of hydrogen-bond acceptors (Lipinski definition) is 4. The zero-order valence-corrected chi connectivity index (χ0v) is 12.9. The average Bonchev–Trinajstić information content (AvgIpc) is 2.42. The van der Waals surface area contributed by atoms with Crippen molar-refractivity contribution in [3.05, 3.63) is 28.8 Å². The summed E-state index contributed by atoms with van der Waals surface area (Å²) in [4.78, 5) is 23.2. The van der Waals surface area contributed by atoms with Crippen LogP contribution in [-0.4, -0.2) is 24.6 Å². The first-order valence-corrected chi connectivity index (χ1v) is 6.94. The van der Waals surface area contributed by atoms with Crippen molar-refractivity contribution in [1.82, 2.24) is 10.6 Å². The van der Waals surface area contributed by atoms with Crippen LogP contribution in [0.5, 0.6) is 5.75 Å². The van der Waals surface area contributed by atoms with Gasteiger partial charge >= 0.3 is 6.03 Å². The fourth-order valence-corrected chi connectivity index (χ4v) is 1.99. The molecule has 116 valence electrons. The van der Waals surface area contributed by atoms with E-state index in [4.69, 9.17) is 10.5 Å². The minimum absolute atomic E-state index is 0.452. The van der Waals surface area contributed by atoms with Crippen LogP contribution in [0.4, 0.5) is 4.79 Å². The van der Waals surface area contributed by atoms with E-state index in [1.807, 2.05) is 26.0 Å². The molecular weight excluding hydrogens is 270 g/mol. The zero-order chi connectivity index (χ0) is 16.0. The van der Waals surface area contributed by atoms with Gasteiger partial charge in [0.1, 0.15) is 5.75 Å². The molecule has 1 aromatic carbocycles. The fraction of sp³-hybridized carbons (Fsp3) is 0.467. The maximum Gasteiger partial charge on any atom is 0.321 e. The summed E-state index contributed by atoms with van der Waals surface area (Å²) in [5, 5.41) is 4.72. The summed E-state index contributed by atoms with van der Waals surface area (Å²) in [6.45, 7) is 8.08. The van der Waals surface area contributed by atoms with E-state index in [1.54, 1.807) is 13.8 Å². The predicted molar refractivity (Wildman–Crippen MR) is 81.1 cm³/mol. The molecule has 1 aromatic rings. The highest BCUT2D eigenvalue weighted by Crippen LogP contribution is 2.25. The number of rotatable bonds is 5. The van der Waals surface area contributed by atoms with Gasteiger partial charge in [0, 0.05) is 13.1 Å². The number of benzene rings is 1. The summed E-state index contributed by atoms with van der Waals surface area (Å²) in [6, 6.07) is 3.33. The van der Waals surface area contributed by atoms with E-state index in [9.17, 15) is 9.59 Å². The maximum absolute atomic E-state index is 11.9. The monoisotopic (exact) mass is 293 g/mol. The first kappa shape index (κ1) is 17.0. The van der Waals surface area contributed by atoms with Crippen LogP contribution in [0.1, 0.15) is 30.5 Å². The molecule has 0 radical (unpaired) electrons. The number of aryl methyl sites for hydroxylation is 2. The second-order valence-electron chi connectivity index (χ2n) is 4.87. The molecule has 1 unspecified atom stereocenters. The van der Waals surface area contributed by atoms with Crippen LogP contribution >= 0.6 is 0 Å². The molecule has 1 atom stereocenters. The molecule has 0 aliphatic heterocycles. The van der Waals surface area contributed by atoms with Crippen LogP contribution in [-0.2, 0) is 11.3 Å². The number of ether oxygens (including phenoxy) is 1. The van der Waals surface area contributed by atoms with Gasteiger partial charge in [0.25, 0.3) is 5.91 Å². The van der Waals surface area contributed by atoms with E-state index in [1.165, 1.54) is 0 Å². The van der Waals surface area contributed by atoms with Crippen molar-refractivity contribution < 1.29 is 14.3 Å². The van der Waals surface area contributed by atoms with Gasteiger partial charge in [-0.2, -0.15) is 0 Å². The molecule has 0 aromatic heterocycles. The van der Waals surface area contributed by atoms with Crippen LogP contribution in [0.3, 0.4) is 0 Å². The zero-order valence-electron chi connectivity index (χ0n) is 12.9. The van der Waals surface area contributed by atoms with Crippen molar-refractivity contribution in [3.8, 4) is 5.75 Å². The molecule has 0 heterocycles. The van der Waals surface area contributed by atoms with Crippen molar-refractivity contribution in [3.63, 3.8) is 0 Å². The molecule has 6 nitrogen and oxygen atoms in total. The van der Waals surface area contributed by atoms with Gasteiger partial charge < -0.3 is 15.8 Å². The molecule has 0 fully saturated rings. The summed E-state index contributed by atoms with van der Waals surface area (Å²) < 4.78 is 5.68. The van der Waals surface area contributed by atoms with E-state index >= 15 is 0 Å². The van der Waals surface area contributed by atoms with E-state index in [0.29, 0.717) is 18.8 Å². The van der Waals surface area contributed by atoms with E-state index in [0.717, 1.165) is 16.7 Å². The van der Waals surface area contributed by atoms with Gasteiger partial charge in [-0.25, -0.2) is 4.79 Å². The lowest BCUT2D eigenvalue weighted by atomic mass is 10.1. The number of carbonyl (C=O) groups is 2. The van der Waals surface area contributed by atoms with Crippen LogP contribution < -0.4 is 21.1 Å². The lowest BCUT2D eigenvalue weighted by molar-refractivity contribution is -0.126. The van der Waals surface area contributed by atoms with Crippen LogP contribution in [0, 0.1) is 13.8 Å². The normalized spacial score (nSPS) is 11.7. The topological polar surface area (TPSA) is 93.5 Å². The Kier molecular flexibility index (Phi) is 6.17. The van der Waals surface area contributed by atoms with Gasteiger partial charge in [0.2, 0.25) is 0 Å². The Morgan fingerprint density at radius 2 is 1.86 bits per heavy atom. The van der Waals surface area contributed by atoms with E-state index in [2.05, 4.69) is 10.6 Å². The van der Waals surface area contributed by atoms with Gasteiger partial charge in [0.05, 0.1) is 0 Å². The molecule has 0 saturated heterocycles. The Balaban J connectivity index is 2.77. The molecule has 3 amide bonds. The smallest absolute Gasteiger partial charge is 0.321 e. The molecule has 4 N–H and O–H groups in total. The molecular formula is C15H23N3O3. The van der Waals surface area contributed by atoms with E-state index < -0.39 is 18.0 Å². The molecule has 0 spiro atoms. The minimum Gasteiger partial charge on any atom is -0.480 e. The summed E-state index contributed by atoms with van der Waals surface area (Å²) in [7, 11) is 0. The van der Waals surface area contributed by atoms with Crippen molar-refractivity contribution >= 4 is 11.9 Å². The number of amides is 3. The number of urea groups is 1. The second kappa shape index (κ2) is 7.64. The first-order chi connectivity index (χ1) is 9.88. The number of nitrogens with two attached hydrogens (primary N) is 1. The number of hydrogen-bond donors (Lipinski definition) is 3. The number of nitrogens with one attached hydrogen (secondary N) is 2. The van der Waals surface area contributed by atoms with E-state index in [-0.39, 0.29) is 0 Å². The highest BCUT2D eigenvalue weighted by Gasteiger charge is 2.19. The molecule has 6 heteroatoms. The Hall–Kier alpha value is -2.08. The summed E-state index contributed by atoms with van der Waals surface area (Å²) in [5.41, 5.74) is 8.45. The Bertz CT molecular complexity index is 506. The number of imide groups is 1. The molecule has 0 bridgehead atoms. The third kappa shape index (κ3) is 4.75. The fourth-order valence-electron chi connectivity index (χ4n) is 1.99. The quantitative estimate of drug-likeness (QED) is 0.764. The Morgan fingerprint density at radius 1 is 1.29 bits per heavy atom. The van der Waals surface area contributed by atoms with Crippen LogP contribution in [0.15, 0.2) is 12.1 Å². The number of carbonyl (C=O) groups excluding carboxylic acids is 2. The largest absolute Gasteiger partial charge is 0.480 e. The van der Waals surface area contributed by atoms with Crippen LogP contribution in [0.25, 0.3) is 0 Å². The predicted octanol–water partition coefficient (Wildman–Crippen LogP) is 1.38. The minimum atomic E-state index is -0.770. The molecule has 21 heavy (non-hydrogen) atoms. The summed E-state index contributed by atoms with van der Waals surface area (Å²) in [5.74, 6) is 0.161. The Morgan fingerprint density at radius 3 is 2.33 bits per heavy atom. The SMILES string of the molecule is CCNC(=O)NC(=O)C(C)Oc1c(C)cc(CN)cc1C. The standard InChI is InChI=1S/C15H23N3O3/c1-5-17-15(20)18-14(19)11(4)21-13-9(2)6-12(8-16)7-10(13)3/h6-7,11H,5,8,16H2,1-4H3,(H2,17,18,19,20). The molecule has 0 saturated carbocycles. The first-order valence-electron chi connectivity index (χ1n) is 6.94. The van der Waals surface area contributed by atoms with Crippen molar-refractivity contribution in [1.29, 1.82) is 0 Å². The van der Waals surface area contributed by atoms with Gasteiger partial charge in [-0.3, -0.25) is 10.1 Å². The maximum atomic E-state index is 11.9. The molecule has 0 aliphatic carbocycles. The van der Waals surface area contributed by atoms with Gasteiger partial charge in [-0.05, 0) is 44.4 Å². The lowest BCUT2D eigenvalue weighted by Gasteiger charge is -2.18. The Labute approximate surface area is 125 Å². The van der Waals surface area contributed by atoms with Gasteiger partial charge in [-0.1, -0.05) is 12.1 Å². The highest BCUT2D eigenvalue weighted by molar-refractivity contribution is 5.96. The molecule has 0 aliphatic rings. The van der Waals surface area contributed by atoms with Crippen LogP contribution in [0.2, 0.25) is 0 Å². The molecule has 1 rings (SSSR count). The van der Waals surface area contributed by atoms with Gasteiger partial charge in [-0.15, -0.1) is 0 Å². The third-order valence-corrected chi connectivity index (χ3v) is 2.99.